The Bertz CT molecular complexity index is 132. The Balaban J connectivity index is 3.63. The minimum absolute atomic E-state index is 1.30. The van der Waals surface area contributed by atoms with Crippen LogP contribution in [0.15, 0.2) is 0 Å². The van der Waals surface area contributed by atoms with E-state index in [-0.39, 0.29) is 0 Å². The van der Waals surface area contributed by atoms with Crippen molar-refractivity contribution in [3.8, 4) is 0 Å². The zero-order chi connectivity index (χ0) is 10.9. The summed E-state index contributed by atoms with van der Waals surface area (Å²) in [6.45, 7) is 4.53. The summed E-state index contributed by atoms with van der Waals surface area (Å²) in [6, 6.07) is 2.69. The maximum atomic E-state index is 5.75. The lowest BCUT2D eigenvalue weighted by molar-refractivity contribution is 0.409. The fraction of sp³-hybridized carbons (Fsp3) is 1.00. The third-order valence-electron chi connectivity index (χ3n) is 2.67. The van der Waals surface area contributed by atoms with E-state index < -0.39 is 5.81 Å². The summed E-state index contributed by atoms with van der Waals surface area (Å²) in [4.78, 5) is 0. The first-order chi connectivity index (χ1) is 6.68. The maximum Gasteiger partial charge on any atom is 0.258 e. The molecule has 0 N–H and O–H groups in total. The molecule has 0 rings (SSSR count). The van der Waals surface area contributed by atoms with Crippen molar-refractivity contribution in [1.29, 1.82) is 0 Å². The lowest BCUT2D eigenvalue weighted by Crippen LogP contribution is -2.28. The first kappa shape index (κ1) is 14.9. The molecule has 1 atom stereocenters. The van der Waals surface area contributed by atoms with Crippen LogP contribution in [-0.2, 0) is 4.43 Å². The second-order valence-electron chi connectivity index (χ2n) is 4.00. The van der Waals surface area contributed by atoms with Crippen molar-refractivity contribution in [2.75, 3.05) is 7.11 Å². The lowest BCUT2D eigenvalue weighted by atomic mass is 10.2. The van der Waals surface area contributed by atoms with Crippen molar-refractivity contribution in [1.82, 2.24) is 0 Å². The molecule has 0 aromatic heterocycles. The molecule has 0 aliphatic carbocycles. The first-order valence-electron chi connectivity index (χ1n) is 5.92. The van der Waals surface area contributed by atoms with E-state index in [0.717, 1.165) is 0 Å². The van der Waals surface area contributed by atoms with Crippen LogP contribution < -0.4 is 0 Å². The Morgan fingerprint density at radius 2 is 1.50 bits per heavy atom. The van der Waals surface area contributed by atoms with Gasteiger partial charge in [0.1, 0.15) is 0 Å². The van der Waals surface area contributed by atoms with E-state index >= 15 is 0 Å². The molecule has 1 unspecified atom stereocenters. The normalized spacial score (nSPS) is 15.4. The summed E-state index contributed by atoms with van der Waals surface area (Å²) in [7, 11) is 1.91. The smallest absolute Gasteiger partial charge is 0.258 e. The van der Waals surface area contributed by atoms with E-state index in [1.165, 1.54) is 50.6 Å². The molecule has 0 aromatic carbocycles. The van der Waals surface area contributed by atoms with Gasteiger partial charge in [-0.15, -0.1) is 0 Å². The SMILES string of the molecule is CCCCCC[Si](I)(CCCC)OC. The van der Waals surface area contributed by atoms with Gasteiger partial charge in [-0.1, -0.05) is 74.2 Å². The van der Waals surface area contributed by atoms with E-state index in [1.807, 2.05) is 7.11 Å². The van der Waals surface area contributed by atoms with Gasteiger partial charge in [-0.25, -0.2) is 0 Å². The zero-order valence-corrected chi connectivity index (χ0v) is 13.1. The van der Waals surface area contributed by atoms with Gasteiger partial charge in [-0.2, -0.15) is 0 Å². The molecular formula is C11H25IOSi. The van der Waals surface area contributed by atoms with Gasteiger partial charge in [0, 0.05) is 7.11 Å². The highest BCUT2D eigenvalue weighted by Crippen LogP contribution is 2.29. The molecule has 0 aliphatic heterocycles. The molecule has 0 spiro atoms. The standard InChI is InChI=1S/C11H25IOSi/c1-4-6-8-9-11-14(12,13-3)10-7-5-2/h4-11H2,1-3H3. The molecule has 0 bridgehead atoms. The van der Waals surface area contributed by atoms with Gasteiger partial charge < -0.3 is 4.43 Å². The van der Waals surface area contributed by atoms with Crippen LogP contribution in [0.25, 0.3) is 0 Å². The average molecular weight is 328 g/mol. The monoisotopic (exact) mass is 328 g/mol. The summed E-state index contributed by atoms with van der Waals surface area (Å²) < 4.78 is 5.75. The third kappa shape index (κ3) is 7.23. The van der Waals surface area contributed by atoms with Gasteiger partial charge in [-0.3, -0.25) is 0 Å². The minimum Gasteiger partial charge on any atom is -0.410 e. The van der Waals surface area contributed by atoms with Gasteiger partial charge in [0.2, 0.25) is 0 Å². The molecule has 86 valence electrons. The van der Waals surface area contributed by atoms with Crippen LogP contribution in [0.2, 0.25) is 12.1 Å². The molecule has 0 radical (unpaired) electrons. The van der Waals surface area contributed by atoms with Gasteiger partial charge in [0.05, 0.1) is 0 Å². The molecule has 0 heterocycles. The second kappa shape index (κ2) is 9.16. The number of halogens is 1. The topological polar surface area (TPSA) is 9.23 Å². The van der Waals surface area contributed by atoms with Crippen LogP contribution in [0.1, 0.15) is 52.4 Å². The van der Waals surface area contributed by atoms with Crippen molar-refractivity contribution in [3.63, 3.8) is 0 Å². The van der Waals surface area contributed by atoms with Crippen molar-refractivity contribution in [2.45, 2.75) is 64.5 Å². The molecule has 0 saturated heterocycles. The van der Waals surface area contributed by atoms with Crippen LogP contribution in [0, 0.1) is 0 Å². The molecule has 0 aromatic rings. The first-order valence-corrected chi connectivity index (χ1v) is 11.4. The highest BCUT2D eigenvalue weighted by molar-refractivity contribution is 14.1. The summed E-state index contributed by atoms with van der Waals surface area (Å²) in [5.41, 5.74) is 0. The fourth-order valence-electron chi connectivity index (χ4n) is 1.59. The Labute approximate surface area is 103 Å². The number of hydrogen-bond acceptors (Lipinski definition) is 1. The third-order valence-corrected chi connectivity index (χ3v) is 10.2. The summed E-state index contributed by atoms with van der Waals surface area (Å²) in [5.74, 6) is -1.32. The van der Waals surface area contributed by atoms with E-state index in [0.29, 0.717) is 0 Å². The molecule has 0 amide bonds. The molecule has 0 aliphatic rings. The van der Waals surface area contributed by atoms with Crippen LogP contribution in [0.3, 0.4) is 0 Å². The van der Waals surface area contributed by atoms with E-state index in [2.05, 4.69) is 35.6 Å². The highest BCUT2D eigenvalue weighted by Gasteiger charge is 2.28. The molecular weight excluding hydrogens is 303 g/mol. The Hall–Kier alpha value is 0.907. The van der Waals surface area contributed by atoms with E-state index in [4.69, 9.17) is 4.43 Å². The second-order valence-corrected chi connectivity index (χ2v) is 13.1. The van der Waals surface area contributed by atoms with Gasteiger partial charge in [0.15, 0.2) is 0 Å². The largest absolute Gasteiger partial charge is 0.410 e. The number of unbranched alkanes of at least 4 members (excludes halogenated alkanes) is 4. The van der Waals surface area contributed by atoms with Crippen LogP contribution >= 0.6 is 21.8 Å². The lowest BCUT2D eigenvalue weighted by Gasteiger charge is -2.22. The van der Waals surface area contributed by atoms with Crippen molar-refractivity contribution in [3.05, 3.63) is 0 Å². The number of hydrogen-bond donors (Lipinski definition) is 0. The maximum absolute atomic E-state index is 5.75. The summed E-state index contributed by atoms with van der Waals surface area (Å²) in [6.07, 6.45) is 8.13. The predicted molar refractivity (Wildman–Crippen MR) is 75.4 cm³/mol. The fourth-order valence-corrected chi connectivity index (χ4v) is 6.19. The minimum atomic E-state index is -1.32. The average Bonchev–Trinajstić information content (AvgIpc) is 2.22. The van der Waals surface area contributed by atoms with E-state index in [9.17, 15) is 0 Å². The molecule has 0 fully saturated rings. The predicted octanol–water partition coefficient (Wildman–Crippen LogP) is 4.89. The Kier molecular flexibility index (Phi) is 9.75. The number of rotatable bonds is 9. The summed E-state index contributed by atoms with van der Waals surface area (Å²) in [5, 5.41) is 0. The highest BCUT2D eigenvalue weighted by atomic mass is 127. The quantitative estimate of drug-likeness (QED) is 0.253. The van der Waals surface area contributed by atoms with Crippen molar-refractivity contribution >= 4 is 27.6 Å². The Morgan fingerprint density at radius 3 is 2.00 bits per heavy atom. The molecule has 0 saturated carbocycles. The molecule has 3 heteroatoms. The van der Waals surface area contributed by atoms with Crippen molar-refractivity contribution in [2.24, 2.45) is 0 Å². The van der Waals surface area contributed by atoms with Gasteiger partial charge >= 0.3 is 0 Å². The Morgan fingerprint density at radius 1 is 0.929 bits per heavy atom. The zero-order valence-electron chi connectivity index (χ0n) is 9.94. The van der Waals surface area contributed by atoms with Gasteiger partial charge in [0.25, 0.3) is 5.81 Å². The van der Waals surface area contributed by atoms with E-state index in [1.54, 1.807) is 0 Å². The van der Waals surface area contributed by atoms with Crippen LogP contribution in [0.4, 0.5) is 0 Å². The van der Waals surface area contributed by atoms with Crippen LogP contribution in [0.5, 0.6) is 0 Å². The van der Waals surface area contributed by atoms with Crippen LogP contribution in [-0.4, -0.2) is 12.9 Å². The summed E-state index contributed by atoms with van der Waals surface area (Å²) >= 11 is 2.63. The van der Waals surface area contributed by atoms with Gasteiger partial charge in [-0.05, 0) is 12.1 Å². The molecule has 1 nitrogen and oxygen atoms in total. The molecule has 14 heavy (non-hydrogen) atoms. The van der Waals surface area contributed by atoms with Crippen molar-refractivity contribution < 1.29 is 4.43 Å².